The van der Waals surface area contributed by atoms with Crippen LogP contribution in [0, 0.1) is 6.92 Å². The molecule has 0 aliphatic carbocycles. The van der Waals surface area contributed by atoms with Gasteiger partial charge in [0, 0.05) is 24.2 Å². The van der Waals surface area contributed by atoms with Gasteiger partial charge in [0.05, 0.1) is 0 Å². The summed E-state index contributed by atoms with van der Waals surface area (Å²) < 4.78 is 6.07. The number of rotatable bonds is 6. The molecule has 0 fully saturated rings. The van der Waals surface area contributed by atoms with Crippen molar-refractivity contribution in [2.75, 3.05) is 0 Å². The first-order valence-electron chi connectivity index (χ1n) is 8.12. The van der Waals surface area contributed by atoms with Crippen LogP contribution in [0.25, 0.3) is 0 Å². The lowest BCUT2D eigenvalue weighted by Crippen LogP contribution is -2.24. The summed E-state index contributed by atoms with van der Waals surface area (Å²) in [7, 11) is 0. The minimum atomic E-state index is -0.405. The molecule has 0 aliphatic rings. The molecule has 2 rings (SSSR count). The predicted molar refractivity (Wildman–Crippen MR) is 97.1 cm³/mol. The standard InChI is InChI=1S/C20H26N2O2/c1-14-5-8-17(18(11-14)24-20(2,3)4)13-22-12-15-6-9-16(10-7-15)19(21)23/h5-11,22H,12-13H2,1-4H3,(H2,21,23). The second kappa shape index (κ2) is 7.49. The summed E-state index contributed by atoms with van der Waals surface area (Å²) in [6.07, 6.45) is 0. The Morgan fingerprint density at radius 2 is 1.75 bits per heavy atom. The van der Waals surface area contributed by atoms with Crippen LogP contribution in [0.5, 0.6) is 5.75 Å². The minimum Gasteiger partial charge on any atom is -0.488 e. The fourth-order valence-electron chi connectivity index (χ4n) is 2.36. The molecule has 0 saturated heterocycles. The Hall–Kier alpha value is -2.33. The highest BCUT2D eigenvalue weighted by Gasteiger charge is 2.14. The highest BCUT2D eigenvalue weighted by Crippen LogP contribution is 2.24. The van der Waals surface area contributed by atoms with Gasteiger partial charge in [-0.05, 0) is 57.0 Å². The van der Waals surface area contributed by atoms with E-state index in [0.717, 1.165) is 16.9 Å². The summed E-state index contributed by atoms with van der Waals surface area (Å²) in [5, 5.41) is 3.42. The van der Waals surface area contributed by atoms with E-state index in [4.69, 9.17) is 10.5 Å². The van der Waals surface area contributed by atoms with Gasteiger partial charge in [-0.3, -0.25) is 4.79 Å². The quantitative estimate of drug-likeness (QED) is 0.853. The van der Waals surface area contributed by atoms with Crippen molar-refractivity contribution in [3.63, 3.8) is 0 Å². The minimum absolute atomic E-state index is 0.229. The number of nitrogens with two attached hydrogens (primary N) is 1. The molecule has 0 heterocycles. The molecule has 128 valence electrons. The lowest BCUT2D eigenvalue weighted by atomic mass is 10.1. The van der Waals surface area contributed by atoms with Gasteiger partial charge in [0.15, 0.2) is 0 Å². The number of primary amides is 1. The molecule has 0 radical (unpaired) electrons. The van der Waals surface area contributed by atoms with Crippen LogP contribution >= 0.6 is 0 Å². The predicted octanol–water partition coefficient (Wildman–Crippen LogP) is 3.56. The molecular weight excluding hydrogens is 300 g/mol. The number of carbonyl (C=O) groups excluding carboxylic acids is 1. The van der Waals surface area contributed by atoms with E-state index >= 15 is 0 Å². The molecule has 2 aromatic carbocycles. The van der Waals surface area contributed by atoms with Crippen LogP contribution in [0.1, 0.15) is 47.8 Å². The fraction of sp³-hybridized carbons (Fsp3) is 0.350. The first-order valence-corrected chi connectivity index (χ1v) is 8.12. The summed E-state index contributed by atoms with van der Waals surface area (Å²) in [5.74, 6) is 0.511. The maximum atomic E-state index is 11.1. The molecular formula is C20H26N2O2. The largest absolute Gasteiger partial charge is 0.488 e. The van der Waals surface area contributed by atoms with E-state index in [-0.39, 0.29) is 5.60 Å². The maximum absolute atomic E-state index is 11.1. The molecule has 0 bridgehead atoms. The Kier molecular flexibility index (Phi) is 5.62. The molecule has 4 heteroatoms. The average molecular weight is 326 g/mol. The van der Waals surface area contributed by atoms with Crippen molar-refractivity contribution in [1.29, 1.82) is 0 Å². The highest BCUT2D eigenvalue weighted by atomic mass is 16.5. The molecule has 0 atom stereocenters. The van der Waals surface area contributed by atoms with Crippen LogP contribution < -0.4 is 15.8 Å². The Bertz CT molecular complexity index is 701. The summed E-state index contributed by atoms with van der Waals surface area (Å²) in [4.78, 5) is 11.1. The second-order valence-electron chi connectivity index (χ2n) is 6.99. The van der Waals surface area contributed by atoms with E-state index in [0.29, 0.717) is 18.7 Å². The number of benzene rings is 2. The second-order valence-corrected chi connectivity index (χ2v) is 6.99. The third-order valence-corrected chi connectivity index (χ3v) is 3.52. The van der Waals surface area contributed by atoms with Crippen molar-refractivity contribution in [3.05, 3.63) is 64.7 Å². The van der Waals surface area contributed by atoms with E-state index in [9.17, 15) is 4.79 Å². The summed E-state index contributed by atoms with van der Waals surface area (Å²) in [5.41, 5.74) is 8.96. The van der Waals surface area contributed by atoms with Gasteiger partial charge in [0.2, 0.25) is 5.91 Å². The van der Waals surface area contributed by atoms with Gasteiger partial charge < -0.3 is 15.8 Å². The van der Waals surface area contributed by atoms with E-state index < -0.39 is 5.91 Å². The van der Waals surface area contributed by atoms with Crippen molar-refractivity contribution in [2.24, 2.45) is 5.73 Å². The monoisotopic (exact) mass is 326 g/mol. The first-order chi connectivity index (χ1) is 11.2. The molecule has 0 aliphatic heterocycles. The first kappa shape index (κ1) is 18.0. The van der Waals surface area contributed by atoms with E-state index in [1.54, 1.807) is 12.1 Å². The van der Waals surface area contributed by atoms with Crippen LogP contribution in [0.15, 0.2) is 42.5 Å². The zero-order valence-electron chi connectivity index (χ0n) is 14.8. The molecule has 0 saturated carbocycles. The van der Waals surface area contributed by atoms with Crippen LogP contribution in [0.4, 0.5) is 0 Å². The Morgan fingerprint density at radius 1 is 1.08 bits per heavy atom. The van der Waals surface area contributed by atoms with E-state index in [2.05, 4.69) is 30.4 Å². The fourth-order valence-corrected chi connectivity index (χ4v) is 2.36. The van der Waals surface area contributed by atoms with Gasteiger partial charge >= 0.3 is 0 Å². The molecule has 3 N–H and O–H groups in total. The smallest absolute Gasteiger partial charge is 0.248 e. The molecule has 0 unspecified atom stereocenters. The van der Waals surface area contributed by atoms with E-state index in [1.165, 1.54) is 5.56 Å². The van der Waals surface area contributed by atoms with Crippen molar-refractivity contribution in [3.8, 4) is 5.75 Å². The maximum Gasteiger partial charge on any atom is 0.248 e. The Morgan fingerprint density at radius 3 is 2.33 bits per heavy atom. The van der Waals surface area contributed by atoms with Gasteiger partial charge in [0.1, 0.15) is 11.4 Å². The van der Waals surface area contributed by atoms with Crippen molar-refractivity contribution < 1.29 is 9.53 Å². The van der Waals surface area contributed by atoms with Crippen LogP contribution in [0.2, 0.25) is 0 Å². The summed E-state index contributed by atoms with van der Waals surface area (Å²) >= 11 is 0. The van der Waals surface area contributed by atoms with Crippen molar-refractivity contribution >= 4 is 5.91 Å². The number of ether oxygens (including phenoxy) is 1. The van der Waals surface area contributed by atoms with Crippen LogP contribution in [-0.4, -0.2) is 11.5 Å². The van der Waals surface area contributed by atoms with Gasteiger partial charge in [-0.2, -0.15) is 0 Å². The van der Waals surface area contributed by atoms with Gasteiger partial charge in [-0.25, -0.2) is 0 Å². The number of carbonyl (C=O) groups is 1. The molecule has 24 heavy (non-hydrogen) atoms. The molecule has 0 spiro atoms. The lowest BCUT2D eigenvalue weighted by molar-refractivity contribution is 0.1000. The molecule has 4 nitrogen and oxygen atoms in total. The number of nitrogens with one attached hydrogen (secondary N) is 1. The summed E-state index contributed by atoms with van der Waals surface area (Å²) in [6.45, 7) is 9.63. The number of hydrogen-bond acceptors (Lipinski definition) is 3. The van der Waals surface area contributed by atoms with E-state index in [1.807, 2.05) is 32.9 Å². The molecule has 2 aromatic rings. The zero-order valence-corrected chi connectivity index (χ0v) is 14.8. The SMILES string of the molecule is Cc1ccc(CNCc2ccc(C(N)=O)cc2)c(OC(C)(C)C)c1. The van der Waals surface area contributed by atoms with Gasteiger partial charge in [-0.15, -0.1) is 0 Å². The van der Waals surface area contributed by atoms with Crippen LogP contribution in [-0.2, 0) is 13.1 Å². The molecule has 1 amide bonds. The Balaban J connectivity index is 2.00. The van der Waals surface area contributed by atoms with Gasteiger partial charge in [0.25, 0.3) is 0 Å². The normalized spacial score (nSPS) is 11.3. The van der Waals surface area contributed by atoms with Crippen LogP contribution in [0.3, 0.4) is 0 Å². The Labute approximate surface area is 144 Å². The third kappa shape index (κ3) is 5.39. The van der Waals surface area contributed by atoms with Crippen molar-refractivity contribution in [1.82, 2.24) is 5.32 Å². The number of hydrogen-bond donors (Lipinski definition) is 2. The summed E-state index contributed by atoms with van der Waals surface area (Å²) in [6, 6.07) is 13.6. The zero-order chi connectivity index (χ0) is 17.7. The number of aryl methyl sites for hydroxylation is 1. The molecule has 0 aromatic heterocycles. The van der Waals surface area contributed by atoms with Crippen molar-refractivity contribution in [2.45, 2.75) is 46.4 Å². The highest BCUT2D eigenvalue weighted by molar-refractivity contribution is 5.92. The lowest BCUT2D eigenvalue weighted by Gasteiger charge is -2.24. The topological polar surface area (TPSA) is 64.3 Å². The third-order valence-electron chi connectivity index (χ3n) is 3.52. The number of amides is 1. The van der Waals surface area contributed by atoms with Gasteiger partial charge in [-0.1, -0.05) is 24.3 Å². The average Bonchev–Trinajstić information content (AvgIpc) is 2.48.